The van der Waals surface area contributed by atoms with E-state index in [0.717, 1.165) is 4.47 Å². The molecule has 1 aromatic heterocycles. The SMILES string of the molecule is CC(C)C(O)CNC(=O)c1cncc(Br)c1. The topological polar surface area (TPSA) is 62.2 Å². The van der Waals surface area contributed by atoms with E-state index in [1.54, 1.807) is 12.3 Å². The third-order valence-electron chi connectivity index (χ3n) is 2.21. The Morgan fingerprint density at radius 1 is 1.56 bits per heavy atom. The Kier molecular flexibility index (Phi) is 4.89. The predicted molar refractivity (Wildman–Crippen MR) is 65.1 cm³/mol. The first-order chi connectivity index (χ1) is 7.50. The molecule has 0 aliphatic carbocycles. The van der Waals surface area contributed by atoms with Crippen molar-refractivity contribution >= 4 is 21.8 Å². The van der Waals surface area contributed by atoms with E-state index in [2.05, 4.69) is 26.2 Å². The molecule has 1 amide bonds. The maximum absolute atomic E-state index is 11.6. The smallest absolute Gasteiger partial charge is 0.252 e. The minimum absolute atomic E-state index is 0.126. The molecule has 0 aromatic carbocycles. The number of nitrogens with one attached hydrogen (secondary N) is 1. The highest BCUT2D eigenvalue weighted by Gasteiger charge is 2.12. The highest BCUT2D eigenvalue weighted by Crippen LogP contribution is 2.09. The molecule has 1 rings (SSSR count). The maximum atomic E-state index is 11.6. The summed E-state index contributed by atoms with van der Waals surface area (Å²) >= 11 is 3.24. The standard InChI is InChI=1S/C11H15BrN2O2/c1-7(2)10(15)6-14-11(16)8-3-9(12)5-13-4-8/h3-5,7,10,15H,6H2,1-2H3,(H,14,16). The van der Waals surface area contributed by atoms with Gasteiger partial charge in [-0.05, 0) is 27.9 Å². The molecule has 1 heterocycles. The van der Waals surface area contributed by atoms with Gasteiger partial charge in [0, 0.05) is 23.4 Å². The van der Waals surface area contributed by atoms with Crippen LogP contribution in [0.1, 0.15) is 24.2 Å². The van der Waals surface area contributed by atoms with Crippen molar-refractivity contribution < 1.29 is 9.90 Å². The molecule has 2 N–H and O–H groups in total. The number of amides is 1. The van der Waals surface area contributed by atoms with Gasteiger partial charge in [0.25, 0.3) is 5.91 Å². The molecule has 0 saturated carbocycles. The average molecular weight is 287 g/mol. The number of aromatic nitrogens is 1. The summed E-state index contributed by atoms with van der Waals surface area (Å²) in [4.78, 5) is 15.5. The molecule has 5 heteroatoms. The molecule has 88 valence electrons. The zero-order valence-corrected chi connectivity index (χ0v) is 10.9. The van der Waals surface area contributed by atoms with E-state index >= 15 is 0 Å². The Labute approximate surface area is 103 Å². The van der Waals surface area contributed by atoms with Crippen LogP contribution in [0.15, 0.2) is 22.9 Å². The van der Waals surface area contributed by atoms with Gasteiger partial charge in [0.05, 0.1) is 11.7 Å². The molecular weight excluding hydrogens is 272 g/mol. The van der Waals surface area contributed by atoms with Gasteiger partial charge in [-0.25, -0.2) is 0 Å². The quantitative estimate of drug-likeness (QED) is 0.884. The number of halogens is 1. The van der Waals surface area contributed by atoms with Crippen molar-refractivity contribution in [1.29, 1.82) is 0 Å². The third kappa shape index (κ3) is 3.90. The number of carbonyl (C=O) groups is 1. The van der Waals surface area contributed by atoms with Crippen molar-refractivity contribution in [2.24, 2.45) is 5.92 Å². The van der Waals surface area contributed by atoms with Gasteiger partial charge in [-0.2, -0.15) is 0 Å². The molecule has 0 aliphatic rings. The lowest BCUT2D eigenvalue weighted by atomic mass is 10.1. The van der Waals surface area contributed by atoms with Crippen LogP contribution in [0.3, 0.4) is 0 Å². The molecule has 0 saturated heterocycles. The Morgan fingerprint density at radius 2 is 2.25 bits per heavy atom. The van der Waals surface area contributed by atoms with E-state index in [9.17, 15) is 9.90 Å². The predicted octanol–water partition coefficient (Wildman–Crippen LogP) is 1.59. The van der Waals surface area contributed by atoms with E-state index in [0.29, 0.717) is 5.56 Å². The molecule has 0 bridgehead atoms. The van der Waals surface area contributed by atoms with E-state index in [1.807, 2.05) is 13.8 Å². The number of hydrogen-bond donors (Lipinski definition) is 2. The van der Waals surface area contributed by atoms with E-state index in [-0.39, 0.29) is 18.4 Å². The highest BCUT2D eigenvalue weighted by molar-refractivity contribution is 9.10. The van der Waals surface area contributed by atoms with Crippen LogP contribution in [0.25, 0.3) is 0 Å². The minimum Gasteiger partial charge on any atom is -0.391 e. The van der Waals surface area contributed by atoms with Crippen molar-refractivity contribution in [3.8, 4) is 0 Å². The summed E-state index contributed by atoms with van der Waals surface area (Å²) in [5.74, 6) is -0.102. The van der Waals surface area contributed by atoms with Crippen LogP contribution in [-0.4, -0.2) is 28.6 Å². The van der Waals surface area contributed by atoms with Gasteiger partial charge in [-0.15, -0.1) is 0 Å². The van der Waals surface area contributed by atoms with E-state index in [4.69, 9.17) is 0 Å². The van der Waals surface area contributed by atoms with Crippen molar-refractivity contribution in [1.82, 2.24) is 10.3 Å². The van der Waals surface area contributed by atoms with Crippen LogP contribution < -0.4 is 5.32 Å². The molecule has 1 aromatic rings. The van der Waals surface area contributed by atoms with Gasteiger partial charge in [0.2, 0.25) is 0 Å². The Bertz CT molecular complexity index is 369. The van der Waals surface area contributed by atoms with Crippen LogP contribution in [0.2, 0.25) is 0 Å². The second-order valence-corrected chi connectivity index (χ2v) is 4.83. The third-order valence-corrected chi connectivity index (χ3v) is 2.64. The zero-order valence-electron chi connectivity index (χ0n) is 9.27. The molecule has 0 radical (unpaired) electrons. The van der Waals surface area contributed by atoms with Crippen molar-refractivity contribution in [3.05, 3.63) is 28.5 Å². The normalized spacial score (nSPS) is 12.6. The number of pyridine rings is 1. The van der Waals surface area contributed by atoms with Crippen molar-refractivity contribution in [2.45, 2.75) is 20.0 Å². The first-order valence-electron chi connectivity index (χ1n) is 5.07. The van der Waals surface area contributed by atoms with Gasteiger partial charge in [0.1, 0.15) is 0 Å². The second-order valence-electron chi connectivity index (χ2n) is 3.91. The fourth-order valence-corrected chi connectivity index (χ4v) is 1.44. The Morgan fingerprint density at radius 3 is 2.81 bits per heavy atom. The van der Waals surface area contributed by atoms with Gasteiger partial charge >= 0.3 is 0 Å². The number of rotatable bonds is 4. The lowest BCUT2D eigenvalue weighted by Gasteiger charge is -2.14. The summed E-state index contributed by atoms with van der Waals surface area (Å²) in [5, 5.41) is 12.2. The summed E-state index contributed by atoms with van der Waals surface area (Å²) < 4.78 is 0.754. The van der Waals surface area contributed by atoms with Crippen LogP contribution in [-0.2, 0) is 0 Å². The second kappa shape index (κ2) is 5.96. The first-order valence-corrected chi connectivity index (χ1v) is 5.87. The van der Waals surface area contributed by atoms with E-state index in [1.165, 1.54) is 6.20 Å². The molecule has 16 heavy (non-hydrogen) atoms. The fourth-order valence-electron chi connectivity index (χ4n) is 1.07. The lowest BCUT2D eigenvalue weighted by Crippen LogP contribution is -2.34. The minimum atomic E-state index is -0.524. The Hall–Kier alpha value is -0.940. The van der Waals surface area contributed by atoms with Gasteiger partial charge in [0.15, 0.2) is 0 Å². The van der Waals surface area contributed by atoms with Crippen LogP contribution in [0, 0.1) is 5.92 Å². The number of aliphatic hydroxyl groups is 1. The summed E-state index contributed by atoms with van der Waals surface area (Å²) in [6.07, 6.45) is 2.57. The zero-order chi connectivity index (χ0) is 12.1. The molecule has 0 fully saturated rings. The number of carbonyl (C=O) groups excluding carboxylic acids is 1. The molecule has 1 atom stereocenters. The fraction of sp³-hybridized carbons (Fsp3) is 0.455. The van der Waals surface area contributed by atoms with Crippen LogP contribution in [0.5, 0.6) is 0 Å². The number of aliphatic hydroxyl groups excluding tert-OH is 1. The van der Waals surface area contributed by atoms with Crippen LogP contribution in [0.4, 0.5) is 0 Å². The van der Waals surface area contributed by atoms with Crippen molar-refractivity contribution in [3.63, 3.8) is 0 Å². The number of nitrogens with zero attached hydrogens (tertiary/aromatic N) is 1. The van der Waals surface area contributed by atoms with Gasteiger partial charge in [-0.1, -0.05) is 13.8 Å². The summed E-state index contributed by atoms with van der Waals surface area (Å²) in [6.45, 7) is 4.05. The molecule has 4 nitrogen and oxygen atoms in total. The molecular formula is C11H15BrN2O2. The van der Waals surface area contributed by atoms with E-state index < -0.39 is 6.10 Å². The summed E-state index contributed by atoms with van der Waals surface area (Å²) in [7, 11) is 0. The van der Waals surface area contributed by atoms with Gasteiger partial charge in [-0.3, -0.25) is 9.78 Å². The lowest BCUT2D eigenvalue weighted by molar-refractivity contribution is 0.0871. The monoisotopic (exact) mass is 286 g/mol. The average Bonchev–Trinajstić information content (AvgIpc) is 2.25. The largest absolute Gasteiger partial charge is 0.391 e. The summed E-state index contributed by atoms with van der Waals surface area (Å²) in [6, 6.07) is 1.68. The Balaban J connectivity index is 2.53. The first kappa shape index (κ1) is 13.1. The molecule has 0 aliphatic heterocycles. The molecule has 0 spiro atoms. The summed E-state index contributed by atoms with van der Waals surface area (Å²) in [5.41, 5.74) is 0.477. The highest BCUT2D eigenvalue weighted by atomic mass is 79.9. The molecule has 1 unspecified atom stereocenters. The maximum Gasteiger partial charge on any atom is 0.252 e. The number of hydrogen-bond acceptors (Lipinski definition) is 3. The van der Waals surface area contributed by atoms with Gasteiger partial charge < -0.3 is 10.4 Å². The van der Waals surface area contributed by atoms with Crippen LogP contribution >= 0.6 is 15.9 Å². The van der Waals surface area contributed by atoms with Crippen molar-refractivity contribution in [2.75, 3.05) is 6.54 Å².